The summed E-state index contributed by atoms with van der Waals surface area (Å²) in [5.74, 6) is 0.234. The maximum Gasteiger partial charge on any atom is 0.146 e. The molecule has 1 aromatic heterocycles. The molecule has 0 saturated carbocycles. The van der Waals surface area contributed by atoms with E-state index in [-0.39, 0.29) is 11.5 Å². The Kier molecular flexibility index (Phi) is 11.9. The second kappa shape index (κ2) is 13.6. The number of pyridine rings is 1. The van der Waals surface area contributed by atoms with E-state index in [1.807, 2.05) is 14.1 Å². The number of ether oxygens (including phenoxy) is 1. The molecule has 0 unspecified atom stereocenters. The first-order valence-electron chi connectivity index (χ1n) is 8.34. The molecule has 2 aromatic carbocycles. The molecule has 0 spiro atoms. The van der Waals surface area contributed by atoms with Gasteiger partial charge in [0.2, 0.25) is 0 Å². The number of hydrogen-bond acceptors (Lipinski definition) is 6. The van der Waals surface area contributed by atoms with E-state index in [0.29, 0.717) is 34.5 Å². The maximum atomic E-state index is 11.5. The van der Waals surface area contributed by atoms with Gasteiger partial charge in [-0.05, 0) is 54.7 Å². The fourth-order valence-electron chi connectivity index (χ4n) is 1.66. The van der Waals surface area contributed by atoms with Crippen LogP contribution in [-0.4, -0.2) is 28.0 Å². The minimum Gasteiger partial charge on any atom is -0.870 e. The molecule has 0 aliphatic rings. The molecule has 0 fully saturated rings. The molecule has 11 heteroatoms. The Morgan fingerprint density at radius 1 is 1.00 bits per heavy atom. The summed E-state index contributed by atoms with van der Waals surface area (Å²) in [6.07, 6.45) is 1.38. The first kappa shape index (κ1) is 27.2. The number of nitrogens with zero attached hydrogens (tertiary/aromatic N) is 2. The highest BCUT2D eigenvalue weighted by molar-refractivity contribution is 8.00. The Morgan fingerprint density at radius 2 is 1.55 bits per heavy atom. The lowest BCUT2D eigenvalue weighted by molar-refractivity contribution is -0.269. The average Bonchev–Trinajstić information content (AvgIpc) is 2.69. The highest BCUT2D eigenvalue weighted by atomic mass is 35.5. The number of benzene rings is 2. The van der Waals surface area contributed by atoms with Gasteiger partial charge in [-0.15, -0.1) is 0 Å². The van der Waals surface area contributed by atoms with Crippen molar-refractivity contribution in [3.05, 3.63) is 85.7 Å². The van der Waals surface area contributed by atoms with Crippen LogP contribution in [0.1, 0.15) is 0 Å². The summed E-state index contributed by atoms with van der Waals surface area (Å²) < 4.78 is 6.86. The molecule has 3 rings (SSSR count). The molecule has 0 saturated heterocycles. The maximum absolute atomic E-state index is 11.5. The van der Waals surface area contributed by atoms with Crippen molar-refractivity contribution in [1.29, 1.82) is 0 Å². The molecule has 0 aliphatic carbocycles. The minimum atomic E-state index is -0.302. The van der Waals surface area contributed by atoms with Crippen molar-refractivity contribution in [2.24, 2.45) is 0 Å². The monoisotopic (exact) mass is 533 g/mol. The van der Waals surface area contributed by atoms with Crippen molar-refractivity contribution in [2.75, 3.05) is 14.1 Å². The lowest BCUT2D eigenvalue weighted by Gasteiger charge is -2.15. The van der Waals surface area contributed by atoms with Gasteiger partial charge in [-0.3, -0.25) is 0 Å². The van der Waals surface area contributed by atoms with Gasteiger partial charge >= 0.3 is 0 Å². The molecule has 5 nitrogen and oxygen atoms in total. The molecule has 0 aliphatic heterocycles. The van der Waals surface area contributed by atoms with Crippen molar-refractivity contribution in [2.45, 2.75) is 0 Å². The van der Waals surface area contributed by atoms with Gasteiger partial charge in [0.15, 0.2) is 0 Å². The van der Waals surface area contributed by atoms with Crippen LogP contribution in [0.2, 0.25) is 15.1 Å². The smallest absolute Gasteiger partial charge is 0.146 e. The number of thiocarbonyl (C=S) groups is 1. The lowest BCUT2D eigenvalue weighted by atomic mass is 10.3. The van der Waals surface area contributed by atoms with Crippen molar-refractivity contribution in [3.63, 3.8) is 0 Å². The van der Waals surface area contributed by atoms with E-state index in [1.54, 1.807) is 47.4 Å². The quantitative estimate of drug-likeness (QED) is 0.276. The minimum absolute atomic E-state index is 0.165. The largest absolute Gasteiger partial charge is 0.870 e. The van der Waals surface area contributed by atoms with Gasteiger partial charge in [0.05, 0.1) is 5.02 Å². The van der Waals surface area contributed by atoms with Gasteiger partial charge < -0.3 is 49.5 Å². The van der Waals surface area contributed by atoms with Gasteiger partial charge in [0.1, 0.15) is 16.1 Å². The molecule has 1 heterocycles. The molecular formula is C20H16Cl3N2O3S3-3. The summed E-state index contributed by atoms with van der Waals surface area (Å²) in [5.41, 5.74) is 0. The van der Waals surface area contributed by atoms with Crippen LogP contribution in [0.4, 0.5) is 0 Å². The van der Waals surface area contributed by atoms with E-state index in [0.717, 1.165) is 0 Å². The standard InChI is InChI=1S/C12H7Cl3O2.C5H4NOS.C3H7NS2/c13-7-1-3-11(9(15)5-7)17-12-4-2-8(14)6-10(12)16;7-6-4-2-1-3-5(6)8;1-4(2)3(5)6/h1-6,16H;1-4H;1-2H3,(H,5,6)/q;-1;/p-2. The number of halogens is 3. The first-order valence-corrected chi connectivity index (χ1v) is 10.7. The summed E-state index contributed by atoms with van der Waals surface area (Å²) in [6, 6.07) is 14.1. The Bertz CT molecular complexity index is 1030. The summed E-state index contributed by atoms with van der Waals surface area (Å²) in [6.45, 7) is 0. The predicted molar refractivity (Wildman–Crippen MR) is 135 cm³/mol. The van der Waals surface area contributed by atoms with Crippen molar-refractivity contribution >= 4 is 76.2 Å². The Morgan fingerprint density at radius 3 is 1.97 bits per heavy atom. The summed E-state index contributed by atoms with van der Waals surface area (Å²) >= 11 is 31.1. The zero-order valence-electron chi connectivity index (χ0n) is 16.3. The van der Waals surface area contributed by atoms with E-state index in [2.05, 4.69) is 37.1 Å². The van der Waals surface area contributed by atoms with E-state index in [1.165, 1.54) is 18.3 Å². The predicted octanol–water partition coefficient (Wildman–Crippen LogP) is 6.46. The van der Waals surface area contributed by atoms with E-state index < -0.39 is 0 Å². The Labute approximate surface area is 211 Å². The molecule has 0 amide bonds. The van der Waals surface area contributed by atoms with Gasteiger partial charge in [-0.1, -0.05) is 63.2 Å². The Balaban J connectivity index is 0.000000284. The molecule has 31 heavy (non-hydrogen) atoms. The molecule has 0 bridgehead atoms. The second-order valence-corrected chi connectivity index (χ2v) is 8.52. The zero-order valence-corrected chi connectivity index (χ0v) is 21.0. The molecule has 166 valence electrons. The summed E-state index contributed by atoms with van der Waals surface area (Å²) in [7, 11) is 3.66. The number of rotatable bonds is 2. The lowest BCUT2D eigenvalue weighted by Crippen LogP contribution is -2.15. The summed E-state index contributed by atoms with van der Waals surface area (Å²) in [5, 5.41) is 23.2. The molecular weight excluding hydrogens is 519 g/mol. The van der Waals surface area contributed by atoms with Gasteiger partial charge in [-0.25, -0.2) is 0 Å². The topological polar surface area (TPSA) is 63.5 Å². The normalized spacial score (nSPS) is 9.45. The SMILES string of the molecule is CN(C)C(=S)[S-].[O-]c1cc(Cl)ccc1Oc1ccc(Cl)cc1Cl.[O-]n1ccccc1=S. The molecule has 0 atom stereocenters. The zero-order chi connectivity index (χ0) is 23.6. The third kappa shape index (κ3) is 10.4. The van der Waals surface area contributed by atoms with Crippen LogP contribution < -0.4 is 9.84 Å². The molecule has 0 N–H and O–H groups in total. The van der Waals surface area contributed by atoms with E-state index >= 15 is 0 Å². The molecule has 0 radical (unpaired) electrons. The highest BCUT2D eigenvalue weighted by Gasteiger charge is 2.04. The van der Waals surface area contributed by atoms with E-state index in [9.17, 15) is 10.3 Å². The van der Waals surface area contributed by atoms with Crippen LogP contribution >= 0.6 is 59.2 Å². The van der Waals surface area contributed by atoms with Crippen molar-refractivity contribution in [1.82, 2.24) is 9.63 Å². The van der Waals surface area contributed by atoms with Crippen LogP contribution in [0, 0.1) is 9.85 Å². The van der Waals surface area contributed by atoms with Crippen LogP contribution in [-0.2, 0) is 12.6 Å². The van der Waals surface area contributed by atoms with Crippen molar-refractivity contribution < 1.29 is 9.84 Å². The van der Waals surface area contributed by atoms with E-state index in [4.69, 9.17) is 39.5 Å². The number of aromatic nitrogens is 1. The fraction of sp³-hybridized carbons (Fsp3) is 0.100. The van der Waals surface area contributed by atoms with Gasteiger partial charge in [0.25, 0.3) is 0 Å². The Hall–Kier alpha value is -1.81. The van der Waals surface area contributed by atoms with Crippen LogP contribution in [0.3, 0.4) is 0 Å². The van der Waals surface area contributed by atoms with Gasteiger partial charge in [0, 0.05) is 24.1 Å². The summed E-state index contributed by atoms with van der Waals surface area (Å²) in [4.78, 5) is 1.71. The number of hydrogen-bond donors (Lipinski definition) is 0. The van der Waals surface area contributed by atoms with Gasteiger partial charge in [-0.2, -0.15) is 0 Å². The fourth-order valence-corrected chi connectivity index (χ4v) is 2.40. The third-order valence-corrected chi connectivity index (χ3v) is 4.99. The molecule has 3 aromatic rings. The van der Waals surface area contributed by atoms with Crippen LogP contribution in [0.5, 0.6) is 17.2 Å². The van der Waals surface area contributed by atoms with Crippen LogP contribution in [0.15, 0.2) is 60.8 Å². The van der Waals surface area contributed by atoms with Crippen molar-refractivity contribution in [3.8, 4) is 17.2 Å². The average molecular weight is 535 g/mol. The second-order valence-electron chi connectivity index (χ2n) is 5.79. The highest BCUT2D eigenvalue weighted by Crippen LogP contribution is 2.35. The third-order valence-electron chi connectivity index (χ3n) is 3.17. The first-order chi connectivity index (χ1) is 14.5. The van der Waals surface area contributed by atoms with Crippen LogP contribution in [0.25, 0.3) is 0 Å².